The Balaban J connectivity index is 3.04. The zero-order valence-electron chi connectivity index (χ0n) is 15.9. The Labute approximate surface area is 152 Å². The van der Waals surface area contributed by atoms with Crippen molar-refractivity contribution in [3.05, 3.63) is 23.8 Å². The van der Waals surface area contributed by atoms with Crippen LogP contribution >= 0.6 is 0 Å². The van der Waals surface area contributed by atoms with Crippen LogP contribution in [0.5, 0.6) is 0 Å². The Hall–Kier alpha value is -2.90. The molecule has 0 fully saturated rings. The summed E-state index contributed by atoms with van der Waals surface area (Å²) in [6.45, 7) is 8.65. The molecule has 0 aliphatic rings. The molecule has 0 bridgehead atoms. The van der Waals surface area contributed by atoms with Crippen molar-refractivity contribution in [1.29, 1.82) is 0 Å². The quantitative estimate of drug-likeness (QED) is 0.555. The van der Waals surface area contributed by atoms with Gasteiger partial charge in [0, 0.05) is 18.3 Å². The van der Waals surface area contributed by atoms with Gasteiger partial charge in [-0.1, -0.05) is 26.8 Å². The lowest BCUT2D eigenvalue weighted by atomic mass is 9.85. The van der Waals surface area contributed by atoms with E-state index in [1.54, 1.807) is 18.2 Å². The summed E-state index contributed by atoms with van der Waals surface area (Å²) in [5.41, 5.74) is 1.36. The van der Waals surface area contributed by atoms with Gasteiger partial charge in [0.25, 0.3) is 0 Å². The number of anilines is 2. The van der Waals surface area contributed by atoms with Crippen molar-refractivity contribution in [1.82, 2.24) is 5.32 Å². The Kier molecular flexibility index (Phi) is 6.88. The second-order valence-corrected chi connectivity index (χ2v) is 6.86. The number of amides is 3. The van der Waals surface area contributed by atoms with E-state index in [-0.39, 0.29) is 11.3 Å². The molecule has 0 unspecified atom stereocenters. The third-order valence-electron chi connectivity index (χ3n) is 3.50. The highest BCUT2D eigenvalue weighted by atomic mass is 16.5. The zero-order valence-corrected chi connectivity index (χ0v) is 15.9. The minimum atomic E-state index is -0.965. The van der Waals surface area contributed by atoms with Gasteiger partial charge < -0.3 is 20.7 Å². The summed E-state index contributed by atoms with van der Waals surface area (Å²) in [5, 5.41) is 7.43. The van der Waals surface area contributed by atoms with Gasteiger partial charge in [0.2, 0.25) is 5.91 Å². The van der Waals surface area contributed by atoms with Gasteiger partial charge in [-0.3, -0.25) is 14.4 Å². The average molecular weight is 363 g/mol. The van der Waals surface area contributed by atoms with Crippen molar-refractivity contribution < 1.29 is 23.9 Å². The number of nitrogens with one attached hydrogen (secondary N) is 3. The van der Waals surface area contributed by atoms with Gasteiger partial charge in [-0.15, -0.1) is 0 Å². The number of carbonyl (C=O) groups is 4. The third-order valence-corrected chi connectivity index (χ3v) is 3.50. The van der Waals surface area contributed by atoms with E-state index in [1.165, 1.54) is 21.0 Å². The number of rotatable bonds is 4. The van der Waals surface area contributed by atoms with E-state index in [4.69, 9.17) is 0 Å². The lowest BCUT2D eigenvalue weighted by Crippen LogP contribution is -2.44. The minimum Gasteiger partial charge on any atom is -0.467 e. The lowest BCUT2D eigenvalue weighted by molar-refractivity contribution is -0.145. The van der Waals surface area contributed by atoms with Crippen molar-refractivity contribution in [2.24, 2.45) is 0 Å². The molecule has 3 N–H and O–H groups in total. The highest BCUT2D eigenvalue weighted by Crippen LogP contribution is 2.31. The van der Waals surface area contributed by atoms with Crippen LogP contribution in [0.25, 0.3) is 0 Å². The van der Waals surface area contributed by atoms with Crippen molar-refractivity contribution in [3.63, 3.8) is 0 Å². The Morgan fingerprint density at radius 3 is 2.15 bits per heavy atom. The number of benzene rings is 1. The van der Waals surface area contributed by atoms with Crippen LogP contribution < -0.4 is 16.0 Å². The Bertz CT molecular complexity index is 722. The van der Waals surface area contributed by atoms with Gasteiger partial charge in [0.1, 0.15) is 6.04 Å². The van der Waals surface area contributed by atoms with Crippen molar-refractivity contribution in [2.75, 3.05) is 17.7 Å². The number of methoxy groups -OCH3 is 1. The normalized spacial score (nSPS) is 11.9. The third kappa shape index (κ3) is 5.87. The van der Waals surface area contributed by atoms with Crippen molar-refractivity contribution in [2.45, 2.75) is 46.1 Å². The molecule has 1 aromatic carbocycles. The van der Waals surface area contributed by atoms with Crippen molar-refractivity contribution >= 4 is 35.1 Å². The van der Waals surface area contributed by atoms with Gasteiger partial charge in [0.05, 0.1) is 7.11 Å². The first kappa shape index (κ1) is 21.1. The van der Waals surface area contributed by atoms with E-state index in [9.17, 15) is 19.2 Å². The highest BCUT2D eigenvalue weighted by molar-refractivity contribution is 6.40. The maximum absolute atomic E-state index is 12.2. The van der Waals surface area contributed by atoms with E-state index in [1.807, 2.05) is 20.8 Å². The molecule has 142 valence electrons. The largest absolute Gasteiger partial charge is 0.467 e. The predicted octanol–water partition coefficient (Wildman–Crippen LogP) is 1.56. The highest BCUT2D eigenvalue weighted by Gasteiger charge is 2.24. The summed E-state index contributed by atoms with van der Waals surface area (Å²) in [5.74, 6) is -2.80. The maximum Gasteiger partial charge on any atom is 0.328 e. The molecular formula is C18H25N3O5. The summed E-state index contributed by atoms with van der Waals surface area (Å²) < 4.78 is 4.50. The van der Waals surface area contributed by atoms with Gasteiger partial charge in [-0.05, 0) is 30.0 Å². The molecule has 0 heterocycles. The predicted molar refractivity (Wildman–Crippen MR) is 97.7 cm³/mol. The summed E-state index contributed by atoms with van der Waals surface area (Å²) in [4.78, 5) is 46.8. The van der Waals surface area contributed by atoms with Crippen molar-refractivity contribution in [3.8, 4) is 0 Å². The SMILES string of the molecule is COC(=O)[C@H](C)NC(=O)C(=O)Nc1cc(NC(C)=O)ccc1C(C)(C)C. The fraction of sp³-hybridized carbons (Fsp3) is 0.444. The standard InChI is InChI=1S/C18H25N3O5/c1-10(17(25)26-6)19-15(23)16(24)21-14-9-12(20-11(2)22)7-8-13(14)18(3,4)5/h7-10H,1-6H3,(H,19,23)(H,20,22)(H,21,24)/t10-/m0/s1. The first-order chi connectivity index (χ1) is 12.0. The molecule has 0 spiro atoms. The molecule has 0 aliphatic heterocycles. The van der Waals surface area contributed by atoms with Crippen LogP contribution in [0.4, 0.5) is 11.4 Å². The van der Waals surface area contributed by atoms with Gasteiger partial charge >= 0.3 is 17.8 Å². The smallest absolute Gasteiger partial charge is 0.328 e. The zero-order chi connectivity index (χ0) is 20.1. The van der Waals surface area contributed by atoms with Crippen LogP contribution in [0, 0.1) is 0 Å². The minimum absolute atomic E-state index is 0.254. The Morgan fingerprint density at radius 1 is 1.04 bits per heavy atom. The van der Waals surface area contributed by atoms with E-state index in [0.717, 1.165) is 5.56 Å². The molecule has 0 radical (unpaired) electrons. The van der Waals surface area contributed by atoms with Crippen LogP contribution in [0.3, 0.4) is 0 Å². The average Bonchev–Trinajstić information content (AvgIpc) is 2.52. The molecule has 1 atom stereocenters. The molecular weight excluding hydrogens is 338 g/mol. The first-order valence-electron chi connectivity index (χ1n) is 8.07. The van der Waals surface area contributed by atoms with Crippen LogP contribution in [-0.2, 0) is 29.3 Å². The van der Waals surface area contributed by atoms with Crippen LogP contribution in [0.1, 0.15) is 40.2 Å². The molecule has 1 aromatic rings. The van der Waals surface area contributed by atoms with E-state index in [0.29, 0.717) is 11.4 Å². The summed E-state index contributed by atoms with van der Waals surface area (Å²) in [7, 11) is 1.19. The molecule has 0 aromatic heterocycles. The summed E-state index contributed by atoms with van der Waals surface area (Å²) >= 11 is 0. The second-order valence-electron chi connectivity index (χ2n) is 6.86. The topological polar surface area (TPSA) is 114 Å². The number of hydrogen-bond donors (Lipinski definition) is 3. The second kappa shape index (κ2) is 8.46. The van der Waals surface area contributed by atoms with Gasteiger partial charge in [-0.25, -0.2) is 4.79 Å². The molecule has 8 nitrogen and oxygen atoms in total. The van der Waals surface area contributed by atoms with E-state index in [2.05, 4.69) is 20.7 Å². The van der Waals surface area contributed by atoms with Gasteiger partial charge in [0.15, 0.2) is 0 Å². The van der Waals surface area contributed by atoms with Crippen LogP contribution in [-0.4, -0.2) is 36.8 Å². The number of esters is 1. The number of hydrogen-bond acceptors (Lipinski definition) is 5. The number of ether oxygens (including phenoxy) is 1. The monoisotopic (exact) mass is 363 g/mol. The molecule has 3 amide bonds. The fourth-order valence-electron chi connectivity index (χ4n) is 2.26. The van der Waals surface area contributed by atoms with E-state index >= 15 is 0 Å². The first-order valence-corrected chi connectivity index (χ1v) is 8.07. The lowest BCUT2D eigenvalue weighted by Gasteiger charge is -2.24. The van der Waals surface area contributed by atoms with Crippen LogP contribution in [0.15, 0.2) is 18.2 Å². The number of carbonyl (C=O) groups excluding carboxylic acids is 4. The maximum atomic E-state index is 12.2. The molecule has 0 saturated heterocycles. The van der Waals surface area contributed by atoms with E-state index < -0.39 is 23.8 Å². The molecule has 0 saturated carbocycles. The van der Waals surface area contributed by atoms with Gasteiger partial charge in [-0.2, -0.15) is 0 Å². The molecule has 8 heteroatoms. The molecule has 0 aliphatic carbocycles. The summed E-state index contributed by atoms with van der Waals surface area (Å²) in [6, 6.07) is 4.12. The summed E-state index contributed by atoms with van der Waals surface area (Å²) in [6.07, 6.45) is 0. The molecule has 26 heavy (non-hydrogen) atoms. The molecule has 1 rings (SSSR count). The van der Waals surface area contributed by atoms with Crippen LogP contribution in [0.2, 0.25) is 0 Å². The Morgan fingerprint density at radius 2 is 1.65 bits per heavy atom. The fourth-order valence-corrected chi connectivity index (χ4v) is 2.26.